The van der Waals surface area contributed by atoms with Crippen molar-refractivity contribution < 1.29 is 4.79 Å². The Kier molecular flexibility index (Phi) is 4.62. The molecule has 1 saturated heterocycles. The van der Waals surface area contributed by atoms with Crippen LogP contribution in [0.15, 0.2) is 17.5 Å². The SMILES string of the molecule is CCc1nnsc1C(=O)N1CCN(Cc2cccs2)CC1. The number of hydrogen-bond donors (Lipinski definition) is 0. The van der Waals surface area contributed by atoms with Crippen molar-refractivity contribution in [2.24, 2.45) is 0 Å². The highest BCUT2D eigenvalue weighted by atomic mass is 32.1. The van der Waals surface area contributed by atoms with Gasteiger partial charge in [0.2, 0.25) is 0 Å². The summed E-state index contributed by atoms with van der Waals surface area (Å²) in [6, 6.07) is 4.25. The Balaban J connectivity index is 1.57. The zero-order chi connectivity index (χ0) is 14.7. The van der Waals surface area contributed by atoms with Gasteiger partial charge in [-0.2, -0.15) is 0 Å². The fourth-order valence-corrected chi connectivity index (χ4v) is 3.94. The summed E-state index contributed by atoms with van der Waals surface area (Å²) in [6.07, 6.45) is 0.760. The number of aromatic nitrogens is 2. The number of aryl methyl sites for hydroxylation is 1. The van der Waals surface area contributed by atoms with E-state index in [1.54, 1.807) is 11.3 Å². The van der Waals surface area contributed by atoms with Crippen LogP contribution in [0, 0.1) is 0 Å². The predicted octanol–water partition coefficient (Wildman–Crippen LogP) is 2.12. The number of rotatable bonds is 4. The molecule has 1 aliphatic heterocycles. The highest BCUT2D eigenvalue weighted by Crippen LogP contribution is 2.17. The normalized spacial score (nSPS) is 16.3. The van der Waals surface area contributed by atoms with Crippen LogP contribution in [0.3, 0.4) is 0 Å². The van der Waals surface area contributed by atoms with Gasteiger partial charge in [0.25, 0.3) is 5.91 Å². The third-order valence-electron chi connectivity index (χ3n) is 3.70. The van der Waals surface area contributed by atoms with Crippen LogP contribution < -0.4 is 0 Å². The molecule has 1 aliphatic rings. The molecule has 1 amide bonds. The van der Waals surface area contributed by atoms with E-state index in [4.69, 9.17) is 0 Å². The topological polar surface area (TPSA) is 49.3 Å². The fourth-order valence-electron chi connectivity index (χ4n) is 2.48. The second-order valence-electron chi connectivity index (χ2n) is 5.05. The van der Waals surface area contributed by atoms with Crippen LogP contribution in [0.1, 0.15) is 27.2 Å². The van der Waals surface area contributed by atoms with Crippen molar-refractivity contribution >= 4 is 28.8 Å². The molecule has 3 heterocycles. The molecule has 5 nitrogen and oxygen atoms in total. The van der Waals surface area contributed by atoms with E-state index in [2.05, 4.69) is 32.0 Å². The lowest BCUT2D eigenvalue weighted by atomic mass is 10.2. The monoisotopic (exact) mass is 322 g/mol. The van der Waals surface area contributed by atoms with E-state index in [0.717, 1.165) is 44.8 Å². The Bertz CT molecular complexity index is 588. The number of hydrogen-bond acceptors (Lipinski definition) is 6. The molecule has 0 N–H and O–H groups in total. The van der Waals surface area contributed by atoms with E-state index in [0.29, 0.717) is 4.88 Å². The summed E-state index contributed by atoms with van der Waals surface area (Å²) in [6.45, 7) is 6.42. The first-order chi connectivity index (χ1) is 10.3. The van der Waals surface area contributed by atoms with Crippen molar-refractivity contribution in [1.29, 1.82) is 0 Å². The largest absolute Gasteiger partial charge is 0.335 e. The lowest BCUT2D eigenvalue weighted by Gasteiger charge is -2.34. The summed E-state index contributed by atoms with van der Waals surface area (Å²) < 4.78 is 3.91. The van der Waals surface area contributed by atoms with Crippen LogP contribution in [0.2, 0.25) is 0 Å². The van der Waals surface area contributed by atoms with Crippen molar-refractivity contribution in [2.75, 3.05) is 26.2 Å². The molecule has 2 aromatic heterocycles. The molecule has 0 aromatic carbocycles. The molecule has 21 heavy (non-hydrogen) atoms. The maximum absolute atomic E-state index is 12.5. The van der Waals surface area contributed by atoms with E-state index in [-0.39, 0.29) is 5.91 Å². The molecule has 0 aliphatic carbocycles. The lowest BCUT2D eigenvalue weighted by molar-refractivity contribution is 0.0633. The van der Waals surface area contributed by atoms with Gasteiger partial charge in [-0.3, -0.25) is 9.69 Å². The van der Waals surface area contributed by atoms with Gasteiger partial charge in [-0.25, -0.2) is 0 Å². The Morgan fingerprint density at radius 2 is 2.14 bits per heavy atom. The van der Waals surface area contributed by atoms with Crippen molar-refractivity contribution in [3.05, 3.63) is 33.0 Å². The maximum Gasteiger partial charge on any atom is 0.267 e. The first-order valence-corrected chi connectivity index (χ1v) is 8.78. The molecule has 2 aromatic rings. The Labute approximate surface area is 132 Å². The van der Waals surface area contributed by atoms with Crippen molar-refractivity contribution in [3.63, 3.8) is 0 Å². The Morgan fingerprint density at radius 3 is 2.81 bits per heavy atom. The highest BCUT2D eigenvalue weighted by molar-refractivity contribution is 7.09. The molecule has 0 unspecified atom stereocenters. The molecule has 0 bridgehead atoms. The summed E-state index contributed by atoms with van der Waals surface area (Å²) in [5.41, 5.74) is 0.825. The van der Waals surface area contributed by atoms with Crippen LogP contribution in [0.25, 0.3) is 0 Å². The Morgan fingerprint density at radius 1 is 1.33 bits per heavy atom. The average molecular weight is 322 g/mol. The van der Waals surface area contributed by atoms with Gasteiger partial charge in [0, 0.05) is 37.6 Å². The maximum atomic E-state index is 12.5. The minimum Gasteiger partial charge on any atom is -0.335 e. The lowest BCUT2D eigenvalue weighted by Crippen LogP contribution is -2.48. The molecular formula is C14H18N4OS2. The number of piperazine rings is 1. The van der Waals surface area contributed by atoms with Crippen LogP contribution in [0.4, 0.5) is 0 Å². The second kappa shape index (κ2) is 6.64. The summed E-state index contributed by atoms with van der Waals surface area (Å²) in [4.78, 5) is 18.9. The Hall–Kier alpha value is -1.31. The van der Waals surface area contributed by atoms with Crippen LogP contribution in [0.5, 0.6) is 0 Å². The van der Waals surface area contributed by atoms with Gasteiger partial charge in [-0.15, -0.1) is 16.4 Å². The molecular weight excluding hydrogens is 304 g/mol. The third-order valence-corrected chi connectivity index (χ3v) is 5.32. The minimum atomic E-state index is 0.0950. The van der Waals surface area contributed by atoms with Gasteiger partial charge in [0.05, 0.1) is 5.69 Å². The van der Waals surface area contributed by atoms with Gasteiger partial charge in [0.15, 0.2) is 0 Å². The van der Waals surface area contributed by atoms with Gasteiger partial charge >= 0.3 is 0 Å². The van der Waals surface area contributed by atoms with Crippen LogP contribution in [-0.2, 0) is 13.0 Å². The number of carbonyl (C=O) groups excluding carboxylic acids is 1. The minimum absolute atomic E-state index is 0.0950. The zero-order valence-corrected chi connectivity index (χ0v) is 13.6. The second-order valence-corrected chi connectivity index (χ2v) is 6.84. The van der Waals surface area contributed by atoms with Gasteiger partial charge in [-0.1, -0.05) is 17.5 Å². The average Bonchev–Trinajstić information content (AvgIpc) is 3.18. The fraction of sp³-hybridized carbons (Fsp3) is 0.500. The summed E-state index contributed by atoms with van der Waals surface area (Å²) in [5, 5.41) is 6.14. The first kappa shape index (κ1) is 14.6. The third kappa shape index (κ3) is 3.30. The molecule has 0 saturated carbocycles. The standard InChI is InChI=1S/C14H18N4OS2/c1-2-12-13(21-16-15-12)14(19)18-7-5-17(6-8-18)10-11-4-3-9-20-11/h3-4,9H,2,5-8,10H2,1H3. The number of amides is 1. The predicted molar refractivity (Wildman–Crippen MR) is 84.8 cm³/mol. The number of carbonyl (C=O) groups is 1. The molecule has 1 fully saturated rings. The number of nitrogens with zero attached hydrogens (tertiary/aromatic N) is 4. The van der Waals surface area contributed by atoms with Crippen molar-refractivity contribution in [3.8, 4) is 0 Å². The van der Waals surface area contributed by atoms with Gasteiger partial charge in [0.1, 0.15) is 4.88 Å². The molecule has 0 radical (unpaired) electrons. The van der Waals surface area contributed by atoms with Crippen molar-refractivity contribution in [1.82, 2.24) is 19.4 Å². The van der Waals surface area contributed by atoms with Crippen LogP contribution >= 0.6 is 22.9 Å². The van der Waals surface area contributed by atoms with Crippen LogP contribution in [-0.4, -0.2) is 51.5 Å². The summed E-state index contributed by atoms with van der Waals surface area (Å²) >= 11 is 3.01. The number of thiophene rings is 1. The molecule has 0 spiro atoms. The van der Waals surface area contributed by atoms with E-state index in [9.17, 15) is 4.79 Å². The zero-order valence-electron chi connectivity index (χ0n) is 12.0. The molecule has 3 rings (SSSR count). The van der Waals surface area contributed by atoms with E-state index in [1.165, 1.54) is 16.4 Å². The molecule has 0 atom stereocenters. The quantitative estimate of drug-likeness (QED) is 0.865. The summed E-state index contributed by atoms with van der Waals surface area (Å²) in [5.74, 6) is 0.0950. The van der Waals surface area contributed by atoms with E-state index >= 15 is 0 Å². The smallest absolute Gasteiger partial charge is 0.267 e. The highest BCUT2D eigenvalue weighted by Gasteiger charge is 2.25. The first-order valence-electron chi connectivity index (χ1n) is 7.13. The molecule has 112 valence electrons. The van der Waals surface area contributed by atoms with Gasteiger partial charge < -0.3 is 4.90 Å². The molecule has 7 heteroatoms. The van der Waals surface area contributed by atoms with E-state index in [1.807, 2.05) is 11.8 Å². The van der Waals surface area contributed by atoms with Gasteiger partial charge in [-0.05, 0) is 29.4 Å². The van der Waals surface area contributed by atoms with Crippen molar-refractivity contribution in [2.45, 2.75) is 19.9 Å². The summed E-state index contributed by atoms with van der Waals surface area (Å²) in [7, 11) is 0. The van der Waals surface area contributed by atoms with E-state index < -0.39 is 0 Å².